The highest BCUT2D eigenvalue weighted by molar-refractivity contribution is 7.99. The third-order valence-electron chi connectivity index (χ3n) is 4.97. The topological polar surface area (TPSA) is 40.5 Å². The molecule has 30 heavy (non-hydrogen) atoms. The fourth-order valence-corrected chi connectivity index (χ4v) is 4.48. The van der Waals surface area contributed by atoms with Crippen molar-refractivity contribution in [3.05, 3.63) is 58.6 Å². The second kappa shape index (κ2) is 10.0. The lowest BCUT2D eigenvalue weighted by atomic mass is 10.0. The smallest absolute Gasteiger partial charge is 0.200 e. The van der Waals surface area contributed by atoms with Gasteiger partial charge in [-0.1, -0.05) is 32.9 Å². The van der Waals surface area contributed by atoms with Crippen LogP contribution in [-0.4, -0.2) is 24.0 Å². The number of fused-ring (bicyclic) bond motifs is 1. The first-order valence-electron chi connectivity index (χ1n) is 10.3. The van der Waals surface area contributed by atoms with Gasteiger partial charge in [-0.25, -0.2) is 4.39 Å². The number of pyridine rings is 1. The average molecular weight is 430 g/mol. The summed E-state index contributed by atoms with van der Waals surface area (Å²) in [5.41, 5.74) is 1.39. The minimum Gasteiger partial charge on any atom is -0.497 e. The number of halogens is 1. The minimum atomic E-state index is -0.528. The van der Waals surface area contributed by atoms with Crippen LogP contribution in [0.25, 0.3) is 22.0 Å². The monoisotopic (exact) mass is 429 g/mol. The van der Waals surface area contributed by atoms with E-state index in [0.29, 0.717) is 29.2 Å². The second-order valence-electron chi connectivity index (χ2n) is 6.94. The zero-order chi connectivity index (χ0) is 21.7. The number of thioether (sulfide) groups is 1. The lowest BCUT2D eigenvalue weighted by molar-refractivity contribution is 0.319. The predicted molar refractivity (Wildman–Crippen MR) is 123 cm³/mol. The van der Waals surface area contributed by atoms with Crippen molar-refractivity contribution in [2.75, 3.05) is 19.5 Å². The highest BCUT2D eigenvalue weighted by atomic mass is 32.2. The van der Waals surface area contributed by atoms with E-state index in [-0.39, 0.29) is 16.2 Å². The van der Waals surface area contributed by atoms with Crippen LogP contribution in [0.5, 0.6) is 11.5 Å². The molecule has 2 aromatic carbocycles. The van der Waals surface area contributed by atoms with Crippen molar-refractivity contribution in [3.8, 4) is 22.6 Å². The molecule has 0 N–H and O–H groups in total. The van der Waals surface area contributed by atoms with Crippen LogP contribution < -0.4 is 14.9 Å². The molecule has 4 nitrogen and oxygen atoms in total. The van der Waals surface area contributed by atoms with E-state index in [0.717, 1.165) is 24.2 Å². The molecule has 0 saturated carbocycles. The summed E-state index contributed by atoms with van der Waals surface area (Å²) in [5.74, 6) is 1.63. The van der Waals surface area contributed by atoms with Crippen molar-refractivity contribution in [2.45, 2.75) is 39.0 Å². The number of benzene rings is 2. The largest absolute Gasteiger partial charge is 0.497 e. The van der Waals surface area contributed by atoms with Crippen LogP contribution in [0.15, 0.2) is 47.4 Å². The molecule has 0 radical (unpaired) electrons. The number of nitrogens with zero attached hydrogens (tertiary/aromatic N) is 1. The molecule has 0 aliphatic carbocycles. The summed E-state index contributed by atoms with van der Waals surface area (Å²) >= 11 is 1.76. The molecule has 160 valence electrons. The molecule has 1 heterocycles. The van der Waals surface area contributed by atoms with Gasteiger partial charge < -0.3 is 14.0 Å². The lowest BCUT2D eigenvalue weighted by Gasteiger charge is -2.23. The van der Waals surface area contributed by atoms with Gasteiger partial charge in [0.25, 0.3) is 0 Å². The summed E-state index contributed by atoms with van der Waals surface area (Å²) in [7, 11) is 1.60. The predicted octanol–water partition coefficient (Wildman–Crippen LogP) is 6.27. The van der Waals surface area contributed by atoms with E-state index in [2.05, 4.69) is 13.8 Å². The van der Waals surface area contributed by atoms with Gasteiger partial charge >= 0.3 is 0 Å². The highest BCUT2D eigenvalue weighted by Gasteiger charge is 2.21. The van der Waals surface area contributed by atoms with Gasteiger partial charge in [0, 0.05) is 11.8 Å². The fraction of sp³-hybridized carbons (Fsp3) is 0.375. The van der Waals surface area contributed by atoms with Gasteiger partial charge in [-0.2, -0.15) is 0 Å². The number of hydrogen-bond donors (Lipinski definition) is 0. The zero-order valence-corrected chi connectivity index (χ0v) is 18.7. The number of aromatic nitrogens is 1. The number of ether oxygens (including phenoxy) is 2. The Morgan fingerprint density at radius 3 is 2.43 bits per heavy atom. The minimum absolute atomic E-state index is 0.0564. The maximum Gasteiger partial charge on any atom is 0.200 e. The van der Waals surface area contributed by atoms with Gasteiger partial charge in [0.05, 0.1) is 30.0 Å². The summed E-state index contributed by atoms with van der Waals surface area (Å²) in [5, 5.41) is 0.132. The second-order valence-corrected chi connectivity index (χ2v) is 8.40. The number of hydrogen-bond acceptors (Lipinski definition) is 4. The van der Waals surface area contributed by atoms with E-state index >= 15 is 4.39 Å². The normalized spacial score (nSPS) is 12.2. The first-order valence-corrected chi connectivity index (χ1v) is 11.4. The molecule has 0 aliphatic heterocycles. The van der Waals surface area contributed by atoms with Crippen LogP contribution in [0.1, 0.15) is 39.0 Å². The molecular formula is C24H28FNO3S. The maximum absolute atomic E-state index is 15.0. The van der Waals surface area contributed by atoms with E-state index in [1.807, 2.05) is 29.8 Å². The Balaban J connectivity index is 2.35. The summed E-state index contributed by atoms with van der Waals surface area (Å²) in [6.45, 7) is 6.71. The van der Waals surface area contributed by atoms with Crippen molar-refractivity contribution in [1.29, 1.82) is 0 Å². The Hall–Kier alpha value is -2.47. The van der Waals surface area contributed by atoms with Gasteiger partial charge in [-0.3, -0.25) is 4.79 Å². The van der Waals surface area contributed by atoms with E-state index in [1.165, 1.54) is 6.07 Å². The summed E-state index contributed by atoms with van der Waals surface area (Å²) in [6.07, 6.45) is 3.51. The summed E-state index contributed by atoms with van der Waals surface area (Å²) in [6, 6.07) is 10.2. The number of rotatable bonds is 9. The molecule has 6 heteroatoms. The third-order valence-corrected chi connectivity index (χ3v) is 6.25. The van der Waals surface area contributed by atoms with Crippen LogP contribution in [-0.2, 0) is 0 Å². The molecular weight excluding hydrogens is 401 g/mol. The molecule has 0 fully saturated rings. The highest BCUT2D eigenvalue weighted by Crippen LogP contribution is 2.36. The van der Waals surface area contributed by atoms with Crippen LogP contribution in [0.2, 0.25) is 0 Å². The van der Waals surface area contributed by atoms with Crippen LogP contribution in [0.4, 0.5) is 4.39 Å². The van der Waals surface area contributed by atoms with Crippen LogP contribution in [0, 0.1) is 5.82 Å². The Morgan fingerprint density at radius 2 is 1.83 bits per heavy atom. The molecule has 0 spiro atoms. The molecule has 3 rings (SSSR count). The molecule has 0 amide bonds. The van der Waals surface area contributed by atoms with Crippen molar-refractivity contribution in [3.63, 3.8) is 0 Å². The Labute approximate surface area is 181 Å². The van der Waals surface area contributed by atoms with Crippen molar-refractivity contribution >= 4 is 22.7 Å². The lowest BCUT2D eigenvalue weighted by Crippen LogP contribution is -2.17. The SMILES string of the molecule is CCCOc1ccc(F)c2c(=O)c(-c3ccc(OC)cc3)cn(C(CC)SCC)c12. The Morgan fingerprint density at radius 1 is 1.10 bits per heavy atom. The molecule has 1 aromatic heterocycles. The van der Waals surface area contributed by atoms with Crippen molar-refractivity contribution < 1.29 is 13.9 Å². The Kier molecular flexibility index (Phi) is 7.43. The van der Waals surface area contributed by atoms with Crippen molar-refractivity contribution in [1.82, 2.24) is 4.57 Å². The average Bonchev–Trinajstić information content (AvgIpc) is 2.77. The molecule has 0 saturated heterocycles. The van der Waals surface area contributed by atoms with E-state index in [4.69, 9.17) is 9.47 Å². The van der Waals surface area contributed by atoms with Gasteiger partial charge in [0.15, 0.2) is 5.43 Å². The maximum atomic E-state index is 15.0. The Bertz CT molecular complexity index is 1060. The van der Waals surface area contributed by atoms with Gasteiger partial charge in [0.1, 0.15) is 17.3 Å². The standard InChI is InChI=1S/C24H28FNO3S/c1-5-14-29-20-13-12-19(25)22-23(20)26(21(6-2)30-7-3)15-18(24(22)27)16-8-10-17(28-4)11-9-16/h8-13,15,21H,5-7,14H2,1-4H3. The van der Waals surface area contributed by atoms with Gasteiger partial charge in [0.2, 0.25) is 0 Å². The van der Waals surface area contributed by atoms with Gasteiger partial charge in [-0.05, 0) is 48.4 Å². The van der Waals surface area contributed by atoms with Gasteiger partial charge in [-0.15, -0.1) is 11.8 Å². The molecule has 1 atom stereocenters. The first kappa shape index (κ1) is 22.2. The summed E-state index contributed by atoms with van der Waals surface area (Å²) < 4.78 is 28.2. The molecule has 1 unspecified atom stereocenters. The number of methoxy groups -OCH3 is 1. The summed E-state index contributed by atoms with van der Waals surface area (Å²) in [4.78, 5) is 13.4. The van der Waals surface area contributed by atoms with Crippen LogP contribution >= 0.6 is 11.8 Å². The van der Waals surface area contributed by atoms with E-state index in [1.54, 1.807) is 37.1 Å². The first-order chi connectivity index (χ1) is 14.5. The molecule has 0 bridgehead atoms. The molecule has 3 aromatic rings. The van der Waals surface area contributed by atoms with E-state index < -0.39 is 5.82 Å². The van der Waals surface area contributed by atoms with Crippen molar-refractivity contribution in [2.24, 2.45) is 0 Å². The zero-order valence-electron chi connectivity index (χ0n) is 17.9. The fourth-order valence-electron chi connectivity index (χ4n) is 3.54. The van der Waals surface area contributed by atoms with E-state index in [9.17, 15) is 4.79 Å². The third kappa shape index (κ3) is 4.33. The van der Waals surface area contributed by atoms with Crippen LogP contribution in [0.3, 0.4) is 0 Å². The quantitative estimate of drug-likeness (QED) is 0.402. The molecule has 0 aliphatic rings.